The van der Waals surface area contributed by atoms with Crippen LogP contribution in [0.3, 0.4) is 0 Å². The third-order valence-electron chi connectivity index (χ3n) is 12.0. The van der Waals surface area contributed by atoms with Crippen molar-refractivity contribution in [2.45, 2.75) is 103 Å². The van der Waals surface area contributed by atoms with Crippen LogP contribution in [-0.4, -0.2) is 51.5 Å². The first-order chi connectivity index (χ1) is 15.9. The van der Waals surface area contributed by atoms with E-state index in [9.17, 15) is 19.8 Å². The third kappa shape index (κ3) is 2.63. The van der Waals surface area contributed by atoms with Crippen molar-refractivity contribution in [2.75, 3.05) is 0 Å². The summed E-state index contributed by atoms with van der Waals surface area (Å²) in [6.07, 6.45) is 7.44. The molecule has 2 N–H and O–H groups in total. The van der Waals surface area contributed by atoms with E-state index in [1.165, 1.54) is 0 Å². The molecule has 6 aliphatic rings. The van der Waals surface area contributed by atoms with Gasteiger partial charge in [-0.05, 0) is 93.5 Å². The molecule has 2 heterocycles. The van der Waals surface area contributed by atoms with Crippen molar-refractivity contribution in [3.63, 3.8) is 0 Å². The van der Waals surface area contributed by atoms with Crippen molar-refractivity contribution in [1.29, 1.82) is 0 Å². The van der Waals surface area contributed by atoms with Gasteiger partial charge in [-0.3, -0.25) is 9.59 Å². The van der Waals surface area contributed by atoms with Crippen molar-refractivity contribution < 1.29 is 29.3 Å². The Morgan fingerprint density at radius 1 is 1.12 bits per heavy atom. The van der Waals surface area contributed by atoms with Crippen molar-refractivity contribution in [3.8, 4) is 0 Å². The number of carbonyl (C=O) groups is 2. The summed E-state index contributed by atoms with van der Waals surface area (Å²) in [6.45, 7) is 10.1. The summed E-state index contributed by atoms with van der Waals surface area (Å²) < 4.78 is 12.0. The molecular formula is C28H40O6. The summed E-state index contributed by atoms with van der Waals surface area (Å²) in [6, 6.07) is 0. The van der Waals surface area contributed by atoms with Gasteiger partial charge in [-0.15, -0.1) is 0 Å². The Morgan fingerprint density at radius 2 is 1.85 bits per heavy atom. The van der Waals surface area contributed by atoms with E-state index in [1.807, 2.05) is 26.8 Å². The van der Waals surface area contributed by atoms with Gasteiger partial charge in [0.05, 0.1) is 17.4 Å². The van der Waals surface area contributed by atoms with E-state index < -0.39 is 22.7 Å². The highest BCUT2D eigenvalue weighted by molar-refractivity contribution is 5.97. The average Bonchev–Trinajstić information content (AvgIpc) is 3.49. The molecule has 34 heavy (non-hydrogen) atoms. The molecule has 6 heteroatoms. The second-order valence-electron chi connectivity index (χ2n) is 13.2. The monoisotopic (exact) mass is 472 g/mol. The molecular weight excluding hydrogens is 432 g/mol. The fourth-order valence-electron chi connectivity index (χ4n) is 9.60. The fourth-order valence-corrected chi connectivity index (χ4v) is 9.60. The molecule has 2 aliphatic heterocycles. The minimum Gasteiger partial charge on any atom is -0.459 e. The maximum atomic E-state index is 13.3. The van der Waals surface area contributed by atoms with Crippen molar-refractivity contribution in [3.05, 3.63) is 12.2 Å². The van der Waals surface area contributed by atoms with E-state index in [-0.39, 0.29) is 59.0 Å². The Hall–Kier alpha value is -1.24. The summed E-state index contributed by atoms with van der Waals surface area (Å²) in [4.78, 5) is 25.8. The van der Waals surface area contributed by atoms with Gasteiger partial charge in [0.15, 0.2) is 5.78 Å². The van der Waals surface area contributed by atoms with E-state index in [4.69, 9.17) is 9.47 Å². The maximum absolute atomic E-state index is 13.3. The summed E-state index contributed by atoms with van der Waals surface area (Å²) in [5.41, 5.74) is -3.17. The molecule has 5 fully saturated rings. The molecule has 6 rings (SSSR count). The lowest BCUT2D eigenvalue weighted by molar-refractivity contribution is -0.206. The third-order valence-corrected chi connectivity index (χ3v) is 12.0. The van der Waals surface area contributed by atoms with Crippen LogP contribution in [0.2, 0.25) is 0 Å². The molecule has 4 aliphatic carbocycles. The Kier molecular flexibility index (Phi) is 4.74. The quantitative estimate of drug-likeness (QED) is 0.472. The molecule has 2 saturated heterocycles. The van der Waals surface area contributed by atoms with Crippen LogP contribution in [0.25, 0.3) is 0 Å². The van der Waals surface area contributed by atoms with Gasteiger partial charge in [-0.2, -0.15) is 0 Å². The fraction of sp³-hybridized carbons (Fsp3) is 0.857. The van der Waals surface area contributed by atoms with Crippen LogP contribution in [0.15, 0.2) is 12.2 Å². The minimum absolute atomic E-state index is 0.0101. The normalized spacial score (nSPS) is 57.6. The van der Waals surface area contributed by atoms with Gasteiger partial charge >= 0.3 is 5.97 Å². The lowest BCUT2D eigenvalue weighted by Gasteiger charge is -2.60. The van der Waals surface area contributed by atoms with Crippen LogP contribution in [0.4, 0.5) is 0 Å². The molecule has 188 valence electrons. The summed E-state index contributed by atoms with van der Waals surface area (Å²) in [5.74, 6) is 0.484. The first-order valence-electron chi connectivity index (χ1n) is 13.4. The molecule has 0 bridgehead atoms. The molecule has 3 saturated carbocycles. The zero-order valence-electron chi connectivity index (χ0n) is 21.1. The number of hydrogen-bond acceptors (Lipinski definition) is 6. The number of ketones is 1. The summed E-state index contributed by atoms with van der Waals surface area (Å²) in [5, 5.41) is 23.7. The van der Waals surface area contributed by atoms with Gasteiger partial charge in [0.1, 0.15) is 23.4 Å². The molecule has 0 aromatic heterocycles. The second kappa shape index (κ2) is 6.95. The predicted octanol–water partition coefficient (Wildman–Crippen LogP) is 3.43. The molecule has 0 radical (unpaired) electrons. The smallest absolute Gasteiger partial charge is 0.309 e. The first-order valence-corrected chi connectivity index (χ1v) is 13.4. The molecule has 2 unspecified atom stereocenters. The number of fused-ring (bicyclic) bond motifs is 8. The second-order valence-corrected chi connectivity index (χ2v) is 13.2. The number of epoxide rings is 1. The van der Waals surface area contributed by atoms with Gasteiger partial charge in [0.2, 0.25) is 0 Å². The topological polar surface area (TPSA) is 96.4 Å². The number of cyclic esters (lactones) is 1. The molecule has 0 aromatic carbocycles. The van der Waals surface area contributed by atoms with E-state index >= 15 is 0 Å². The van der Waals surface area contributed by atoms with Gasteiger partial charge in [-0.1, -0.05) is 26.8 Å². The number of hydrogen-bond donors (Lipinski definition) is 2. The van der Waals surface area contributed by atoms with Crippen LogP contribution >= 0.6 is 0 Å². The molecule has 0 amide bonds. The first kappa shape index (κ1) is 23.2. The van der Waals surface area contributed by atoms with Crippen LogP contribution in [-0.2, 0) is 19.1 Å². The summed E-state index contributed by atoms with van der Waals surface area (Å²) in [7, 11) is 0. The van der Waals surface area contributed by atoms with Crippen LogP contribution < -0.4 is 0 Å². The van der Waals surface area contributed by atoms with E-state index in [2.05, 4.69) is 13.8 Å². The lowest BCUT2D eigenvalue weighted by Crippen LogP contribution is -2.67. The van der Waals surface area contributed by atoms with Crippen LogP contribution in [0, 0.1) is 46.3 Å². The molecule has 0 aromatic rings. The van der Waals surface area contributed by atoms with Gasteiger partial charge < -0.3 is 19.7 Å². The Morgan fingerprint density at radius 3 is 2.56 bits per heavy atom. The maximum Gasteiger partial charge on any atom is 0.309 e. The van der Waals surface area contributed by atoms with E-state index in [1.54, 1.807) is 6.08 Å². The Balaban J connectivity index is 1.32. The Labute approximate surface area is 202 Å². The van der Waals surface area contributed by atoms with Crippen molar-refractivity contribution in [2.24, 2.45) is 46.3 Å². The van der Waals surface area contributed by atoms with Crippen molar-refractivity contribution >= 4 is 11.8 Å². The molecule has 0 spiro atoms. The van der Waals surface area contributed by atoms with Crippen LogP contribution in [0.1, 0.15) is 73.1 Å². The molecule has 13 atom stereocenters. The Bertz CT molecular complexity index is 957. The number of rotatable bonds is 2. The van der Waals surface area contributed by atoms with Gasteiger partial charge in [0, 0.05) is 0 Å². The highest BCUT2D eigenvalue weighted by atomic mass is 16.6. The number of allylic oxidation sites excluding steroid dienone is 1. The van der Waals surface area contributed by atoms with Gasteiger partial charge in [-0.25, -0.2) is 0 Å². The highest BCUT2D eigenvalue weighted by Crippen LogP contribution is 2.72. The van der Waals surface area contributed by atoms with E-state index in [0.717, 1.165) is 25.7 Å². The van der Waals surface area contributed by atoms with Gasteiger partial charge in [0.25, 0.3) is 0 Å². The van der Waals surface area contributed by atoms with Crippen LogP contribution in [0.5, 0.6) is 0 Å². The average molecular weight is 473 g/mol. The SMILES string of the molecule is CC1C(=O)OC([C@](C)(O)[C@H]2CC[C@H]3[C@@H]4[C@@H]5O[C@@H]5[C@@]5(O)CC=CC(=O)[C@]5(C)[C@H]4CC[C@@]32C)C[C@@H]1C. The zero-order valence-corrected chi connectivity index (χ0v) is 21.1. The minimum atomic E-state index is -1.12. The predicted molar refractivity (Wildman–Crippen MR) is 124 cm³/mol. The number of ether oxygens (including phenoxy) is 2. The zero-order chi connectivity index (χ0) is 24.4. The highest BCUT2D eigenvalue weighted by Gasteiger charge is 2.78. The number of esters is 1. The largest absolute Gasteiger partial charge is 0.459 e. The van der Waals surface area contributed by atoms with Crippen molar-refractivity contribution in [1.82, 2.24) is 0 Å². The molecule has 6 nitrogen and oxygen atoms in total. The summed E-state index contributed by atoms with van der Waals surface area (Å²) >= 11 is 0. The number of carbonyl (C=O) groups excluding carboxylic acids is 2. The standard InChI is InChI=1S/C28H40O6/c1-14-13-20(33-24(30)15(14)2)27(5,31)18-9-8-16-21-17(10-12-25(16,18)3)26(4)19(29)7-6-11-28(26,32)23-22(21)34-23/h6-7,14-18,20-23,31-32H,8-13H2,1-5H3/t14-,15?,16-,17-,18-,20?,21-,22-,23-,25-,26-,27+,28-/m0/s1. The number of aliphatic hydroxyl groups is 2. The van der Waals surface area contributed by atoms with E-state index in [0.29, 0.717) is 18.8 Å². The lowest BCUT2D eigenvalue weighted by atomic mass is 9.43.